The van der Waals surface area contributed by atoms with Crippen molar-refractivity contribution in [2.45, 2.75) is 44.9 Å². The molecule has 1 unspecified atom stereocenters. The molecule has 2 amide bonds. The molecule has 10 heteroatoms. The lowest BCUT2D eigenvalue weighted by molar-refractivity contribution is -0.125. The fourth-order valence-corrected chi connectivity index (χ4v) is 3.61. The van der Waals surface area contributed by atoms with E-state index in [0.717, 1.165) is 0 Å². The van der Waals surface area contributed by atoms with Crippen LogP contribution in [0.1, 0.15) is 38.1 Å². The molecule has 1 aliphatic heterocycles. The zero-order chi connectivity index (χ0) is 25.4. The number of aldehydes is 1. The molecule has 0 spiro atoms. The number of hydrogen-bond acceptors (Lipinski definition) is 7. The number of alkyl carbamates (subject to hydrolysis) is 1. The molecule has 9 nitrogen and oxygen atoms in total. The van der Waals surface area contributed by atoms with E-state index in [2.05, 4.69) is 15.6 Å². The molecule has 1 aromatic carbocycles. The number of nitrogens with zero attached hydrogens (tertiary/aromatic N) is 2. The van der Waals surface area contributed by atoms with Crippen molar-refractivity contribution in [2.24, 2.45) is 0 Å². The number of halogens is 1. The molecule has 2 aromatic rings. The number of ether oxygens (including phenoxy) is 2. The van der Waals surface area contributed by atoms with Gasteiger partial charge >= 0.3 is 6.09 Å². The predicted octanol–water partition coefficient (Wildman–Crippen LogP) is 2.55. The molecule has 1 aliphatic rings. The summed E-state index contributed by atoms with van der Waals surface area (Å²) in [5.41, 5.74) is 0.498. The van der Waals surface area contributed by atoms with Gasteiger partial charge in [0.2, 0.25) is 5.91 Å². The van der Waals surface area contributed by atoms with Crippen LogP contribution in [-0.4, -0.2) is 61.2 Å². The van der Waals surface area contributed by atoms with Gasteiger partial charge < -0.3 is 29.8 Å². The van der Waals surface area contributed by atoms with Gasteiger partial charge in [-0.1, -0.05) is 12.1 Å². The molecule has 1 aromatic heterocycles. The molecule has 0 aliphatic carbocycles. The topological polar surface area (TPSA) is 110 Å². The fraction of sp³-hybridized carbons (Fsp3) is 0.440. The monoisotopic (exact) mass is 486 g/mol. The van der Waals surface area contributed by atoms with Crippen molar-refractivity contribution in [2.75, 3.05) is 31.2 Å². The van der Waals surface area contributed by atoms with Crippen LogP contribution in [0.25, 0.3) is 0 Å². The van der Waals surface area contributed by atoms with Crippen molar-refractivity contribution in [3.63, 3.8) is 0 Å². The van der Waals surface area contributed by atoms with Crippen LogP contribution < -0.4 is 15.5 Å². The highest BCUT2D eigenvalue weighted by atomic mass is 19.1. The molecule has 35 heavy (non-hydrogen) atoms. The summed E-state index contributed by atoms with van der Waals surface area (Å²) in [6.45, 7) is 7.27. The van der Waals surface area contributed by atoms with Gasteiger partial charge in [0.25, 0.3) is 0 Å². The highest BCUT2D eigenvalue weighted by Crippen LogP contribution is 2.24. The number of pyridine rings is 1. The molecule has 3 rings (SSSR count). The Morgan fingerprint density at radius 2 is 1.94 bits per heavy atom. The summed E-state index contributed by atoms with van der Waals surface area (Å²) in [4.78, 5) is 43.4. The molecule has 1 fully saturated rings. The van der Waals surface area contributed by atoms with Crippen molar-refractivity contribution < 1.29 is 28.2 Å². The standard InChI is InChI=1S/C25H31FN4O5/c1-25(2,3)35-24(33)29-20(15-18-6-4-5-9-27-18)23(32)28-21(16-31)17-7-8-22(19(26)14-17)30-10-12-34-13-11-30/h4-9,14,16,20-21H,10-13,15H2,1-3H3,(H,28,32)(H,29,33)/t20-,21?/m0/s1. The molecule has 188 valence electrons. The summed E-state index contributed by atoms with van der Waals surface area (Å²) >= 11 is 0. The summed E-state index contributed by atoms with van der Waals surface area (Å²) < 4.78 is 25.4. The number of rotatable bonds is 8. The minimum atomic E-state index is -1.11. The van der Waals surface area contributed by atoms with E-state index in [9.17, 15) is 18.8 Å². The summed E-state index contributed by atoms with van der Waals surface area (Å²) in [6, 6.07) is 7.45. The molecule has 1 saturated heterocycles. The Kier molecular flexibility index (Phi) is 8.75. The maximum absolute atomic E-state index is 14.9. The molecule has 0 saturated carbocycles. The summed E-state index contributed by atoms with van der Waals surface area (Å²) in [5.74, 6) is -1.13. The van der Waals surface area contributed by atoms with Crippen LogP contribution in [0, 0.1) is 5.82 Å². The second-order valence-corrected chi connectivity index (χ2v) is 9.16. The average Bonchev–Trinajstić information content (AvgIpc) is 2.82. The smallest absolute Gasteiger partial charge is 0.408 e. The van der Waals surface area contributed by atoms with E-state index in [1.165, 1.54) is 6.07 Å². The minimum absolute atomic E-state index is 0.0713. The van der Waals surface area contributed by atoms with E-state index in [0.29, 0.717) is 44.0 Å². The first-order valence-electron chi connectivity index (χ1n) is 11.4. The second-order valence-electron chi connectivity index (χ2n) is 9.16. The van der Waals surface area contributed by atoms with Crippen LogP contribution in [0.2, 0.25) is 0 Å². The molecule has 0 radical (unpaired) electrons. The first kappa shape index (κ1) is 26.1. The fourth-order valence-electron chi connectivity index (χ4n) is 3.61. The average molecular weight is 487 g/mol. The van der Waals surface area contributed by atoms with Gasteiger partial charge in [-0.25, -0.2) is 9.18 Å². The number of benzene rings is 1. The first-order chi connectivity index (χ1) is 16.7. The largest absolute Gasteiger partial charge is 0.444 e. The number of nitrogens with one attached hydrogen (secondary N) is 2. The van der Waals surface area contributed by atoms with Crippen LogP contribution in [0.3, 0.4) is 0 Å². The number of amides is 2. The predicted molar refractivity (Wildman–Crippen MR) is 127 cm³/mol. The van der Waals surface area contributed by atoms with Crippen molar-refractivity contribution in [1.29, 1.82) is 0 Å². The van der Waals surface area contributed by atoms with Crippen LogP contribution in [-0.2, 0) is 25.5 Å². The Hall–Kier alpha value is -3.53. The SMILES string of the molecule is CC(C)(C)OC(=O)N[C@@H](Cc1ccccn1)C(=O)NC(C=O)c1ccc(N2CCOCC2)c(F)c1. The van der Waals surface area contributed by atoms with Crippen molar-refractivity contribution >= 4 is 24.0 Å². The maximum Gasteiger partial charge on any atom is 0.408 e. The number of aromatic nitrogens is 1. The zero-order valence-corrected chi connectivity index (χ0v) is 20.1. The summed E-state index contributed by atoms with van der Waals surface area (Å²) in [5, 5.41) is 5.14. The molecule has 0 bridgehead atoms. The molecule has 2 heterocycles. The Morgan fingerprint density at radius 1 is 1.20 bits per heavy atom. The van der Waals surface area contributed by atoms with Crippen LogP contribution in [0.5, 0.6) is 0 Å². The highest BCUT2D eigenvalue weighted by molar-refractivity contribution is 5.88. The van der Waals surface area contributed by atoms with Crippen LogP contribution >= 0.6 is 0 Å². The van der Waals surface area contributed by atoms with E-state index >= 15 is 0 Å². The van der Waals surface area contributed by atoms with Crippen molar-refractivity contribution in [3.8, 4) is 0 Å². The van der Waals surface area contributed by atoms with Gasteiger partial charge in [0.1, 0.15) is 29.8 Å². The molecular weight excluding hydrogens is 455 g/mol. The highest BCUT2D eigenvalue weighted by Gasteiger charge is 2.27. The van der Waals surface area contributed by atoms with Gasteiger partial charge in [-0.2, -0.15) is 0 Å². The van der Waals surface area contributed by atoms with Crippen LogP contribution in [0.4, 0.5) is 14.9 Å². The van der Waals surface area contributed by atoms with E-state index in [1.54, 1.807) is 57.3 Å². The third-order valence-corrected chi connectivity index (χ3v) is 5.26. The Morgan fingerprint density at radius 3 is 2.54 bits per heavy atom. The number of hydrogen-bond donors (Lipinski definition) is 2. The summed E-state index contributed by atoms with van der Waals surface area (Å²) in [6.07, 6.45) is 1.39. The van der Waals surface area contributed by atoms with Gasteiger partial charge in [-0.15, -0.1) is 0 Å². The lowest BCUT2D eigenvalue weighted by atomic mass is 10.0. The van der Waals surface area contributed by atoms with E-state index in [1.807, 2.05) is 4.90 Å². The number of carbonyl (C=O) groups is 3. The third kappa shape index (κ3) is 7.74. The summed E-state index contributed by atoms with van der Waals surface area (Å²) in [7, 11) is 0. The zero-order valence-electron chi connectivity index (χ0n) is 20.1. The molecule has 2 N–H and O–H groups in total. The quantitative estimate of drug-likeness (QED) is 0.552. The Balaban J connectivity index is 1.75. The van der Waals surface area contributed by atoms with Gasteiger partial charge in [0.05, 0.1) is 18.9 Å². The Labute approximate surface area is 204 Å². The van der Waals surface area contributed by atoms with Gasteiger partial charge in [0, 0.05) is 31.4 Å². The lowest BCUT2D eigenvalue weighted by Gasteiger charge is -2.29. The molecule has 2 atom stereocenters. The number of morpholine rings is 1. The van der Waals surface area contributed by atoms with Crippen LogP contribution in [0.15, 0.2) is 42.6 Å². The maximum atomic E-state index is 14.9. The second kappa shape index (κ2) is 11.7. The Bertz CT molecular complexity index is 1020. The van der Waals surface area contributed by atoms with E-state index in [-0.39, 0.29) is 12.0 Å². The number of carbonyl (C=O) groups excluding carboxylic acids is 3. The normalized spacial score (nSPS) is 15.6. The van der Waals surface area contributed by atoms with Gasteiger partial charge in [-0.3, -0.25) is 9.78 Å². The van der Waals surface area contributed by atoms with Crippen molar-refractivity contribution in [3.05, 3.63) is 59.7 Å². The third-order valence-electron chi connectivity index (χ3n) is 5.26. The number of anilines is 1. The van der Waals surface area contributed by atoms with Crippen molar-refractivity contribution in [1.82, 2.24) is 15.6 Å². The van der Waals surface area contributed by atoms with Gasteiger partial charge in [0.15, 0.2) is 0 Å². The minimum Gasteiger partial charge on any atom is -0.444 e. The first-order valence-corrected chi connectivity index (χ1v) is 11.4. The lowest BCUT2D eigenvalue weighted by Crippen LogP contribution is -2.50. The molecular formula is C25H31FN4O5. The van der Waals surface area contributed by atoms with E-state index in [4.69, 9.17) is 9.47 Å². The van der Waals surface area contributed by atoms with Gasteiger partial charge in [-0.05, 0) is 50.6 Å². The van der Waals surface area contributed by atoms with E-state index < -0.39 is 35.5 Å².